The molecule has 4 rings (SSSR count). The fourth-order valence-corrected chi connectivity index (χ4v) is 3.20. The Labute approximate surface area is 128 Å². The molecule has 1 aliphatic carbocycles. The molecule has 5 heteroatoms. The Morgan fingerprint density at radius 3 is 2.73 bits per heavy atom. The van der Waals surface area contributed by atoms with E-state index >= 15 is 0 Å². The molecule has 1 saturated carbocycles. The van der Waals surface area contributed by atoms with Crippen LogP contribution in [-0.2, 0) is 0 Å². The van der Waals surface area contributed by atoms with Crippen molar-refractivity contribution in [1.29, 1.82) is 0 Å². The highest BCUT2D eigenvalue weighted by Gasteiger charge is 2.36. The normalized spacial score (nSPS) is 25.2. The van der Waals surface area contributed by atoms with E-state index in [4.69, 9.17) is 0 Å². The summed E-state index contributed by atoms with van der Waals surface area (Å²) >= 11 is 0. The number of halogens is 2. The number of aromatic nitrogens is 3. The molecule has 2 aromatic rings. The maximum Gasteiger partial charge on any atom is 0.185 e. The van der Waals surface area contributed by atoms with Crippen molar-refractivity contribution in [3.8, 4) is 0 Å². The molecule has 2 heterocycles. The predicted octanol–water partition coefficient (Wildman–Crippen LogP) is 4.48. The standard InChI is InChI=1S/C17H19F2N3/c18-13(9-8-11-6-7-11)16-20-17-14(19)10-15(22(17)21-16)12-4-2-1-3-5-12/h1-5,11,13-15H,6-10H2/t13-,14+,15+/m1/s1. The van der Waals surface area contributed by atoms with Gasteiger partial charge in [0, 0.05) is 6.42 Å². The highest BCUT2D eigenvalue weighted by molar-refractivity contribution is 5.23. The second-order valence-electron chi connectivity index (χ2n) is 6.39. The summed E-state index contributed by atoms with van der Waals surface area (Å²) in [7, 11) is 0. The lowest BCUT2D eigenvalue weighted by Gasteiger charge is -2.11. The van der Waals surface area contributed by atoms with Crippen LogP contribution in [0.5, 0.6) is 0 Å². The van der Waals surface area contributed by atoms with E-state index in [1.54, 1.807) is 4.68 Å². The first-order chi connectivity index (χ1) is 10.7. The van der Waals surface area contributed by atoms with E-state index in [-0.39, 0.29) is 17.7 Å². The molecule has 0 amide bonds. The molecule has 116 valence electrons. The fraction of sp³-hybridized carbons (Fsp3) is 0.529. The molecule has 1 fully saturated rings. The third kappa shape index (κ3) is 2.53. The molecule has 0 N–H and O–H groups in total. The van der Waals surface area contributed by atoms with Crippen LogP contribution >= 0.6 is 0 Å². The van der Waals surface area contributed by atoms with Crippen LogP contribution in [0.2, 0.25) is 0 Å². The maximum absolute atomic E-state index is 14.3. The Kier molecular flexibility index (Phi) is 3.43. The van der Waals surface area contributed by atoms with Gasteiger partial charge in [-0.2, -0.15) is 5.10 Å². The molecule has 0 spiro atoms. The van der Waals surface area contributed by atoms with Crippen LogP contribution in [0.15, 0.2) is 30.3 Å². The lowest BCUT2D eigenvalue weighted by Crippen LogP contribution is -2.08. The van der Waals surface area contributed by atoms with Crippen LogP contribution in [0.3, 0.4) is 0 Å². The minimum Gasteiger partial charge on any atom is -0.239 e. The van der Waals surface area contributed by atoms with Crippen LogP contribution in [0.4, 0.5) is 8.78 Å². The third-order valence-corrected chi connectivity index (χ3v) is 4.67. The molecule has 0 saturated heterocycles. The molecule has 1 aromatic carbocycles. The van der Waals surface area contributed by atoms with E-state index < -0.39 is 12.3 Å². The first-order valence-electron chi connectivity index (χ1n) is 8.02. The van der Waals surface area contributed by atoms with Crippen LogP contribution in [-0.4, -0.2) is 14.8 Å². The number of alkyl halides is 2. The van der Waals surface area contributed by atoms with Gasteiger partial charge in [0.15, 0.2) is 24.0 Å². The van der Waals surface area contributed by atoms with Crippen LogP contribution in [0.25, 0.3) is 0 Å². The molecule has 3 atom stereocenters. The monoisotopic (exact) mass is 303 g/mol. The summed E-state index contributed by atoms with van der Waals surface area (Å²) in [5.74, 6) is 1.11. The molecule has 2 aliphatic rings. The van der Waals surface area contributed by atoms with Gasteiger partial charge in [-0.05, 0) is 24.3 Å². The summed E-state index contributed by atoms with van der Waals surface area (Å²) in [5.41, 5.74) is 0.994. The molecule has 1 aromatic heterocycles. The van der Waals surface area contributed by atoms with Gasteiger partial charge in [0.05, 0.1) is 6.04 Å². The summed E-state index contributed by atoms with van der Waals surface area (Å²) in [6.45, 7) is 0. The lowest BCUT2D eigenvalue weighted by molar-refractivity contribution is 0.288. The summed E-state index contributed by atoms with van der Waals surface area (Å²) < 4.78 is 30.1. The van der Waals surface area contributed by atoms with E-state index in [1.165, 1.54) is 12.8 Å². The zero-order valence-corrected chi connectivity index (χ0v) is 12.3. The summed E-state index contributed by atoms with van der Waals surface area (Å²) in [4.78, 5) is 4.15. The number of fused-ring (bicyclic) bond motifs is 1. The number of hydrogen-bond donors (Lipinski definition) is 0. The SMILES string of the molecule is F[C@H](CCC1CC1)c1nc2n(n1)[C@H](c1ccccc1)C[C@@H]2F. The number of benzene rings is 1. The topological polar surface area (TPSA) is 30.7 Å². The Hall–Kier alpha value is -1.78. The smallest absolute Gasteiger partial charge is 0.185 e. The fourth-order valence-electron chi connectivity index (χ4n) is 3.20. The lowest BCUT2D eigenvalue weighted by atomic mass is 10.0. The molecular formula is C17H19F2N3. The van der Waals surface area contributed by atoms with Gasteiger partial charge in [0.25, 0.3) is 0 Å². The number of rotatable bonds is 5. The van der Waals surface area contributed by atoms with Crippen molar-refractivity contribution in [2.24, 2.45) is 5.92 Å². The maximum atomic E-state index is 14.3. The second-order valence-corrected chi connectivity index (χ2v) is 6.39. The van der Waals surface area contributed by atoms with Gasteiger partial charge >= 0.3 is 0 Å². The first-order valence-corrected chi connectivity index (χ1v) is 8.02. The highest BCUT2D eigenvalue weighted by atomic mass is 19.1. The predicted molar refractivity (Wildman–Crippen MR) is 78.9 cm³/mol. The van der Waals surface area contributed by atoms with Crippen molar-refractivity contribution in [2.45, 2.75) is 50.5 Å². The van der Waals surface area contributed by atoms with Gasteiger partial charge in [-0.3, -0.25) is 0 Å². The van der Waals surface area contributed by atoms with Crippen molar-refractivity contribution in [3.63, 3.8) is 0 Å². The van der Waals surface area contributed by atoms with Gasteiger partial charge in [0.2, 0.25) is 0 Å². The van der Waals surface area contributed by atoms with Gasteiger partial charge < -0.3 is 0 Å². The Bertz CT molecular complexity index is 651. The Morgan fingerprint density at radius 1 is 1.23 bits per heavy atom. The summed E-state index contributed by atoms with van der Waals surface area (Å²) in [5, 5.41) is 4.29. The van der Waals surface area contributed by atoms with E-state index in [2.05, 4.69) is 10.1 Å². The minimum absolute atomic E-state index is 0.152. The molecule has 3 nitrogen and oxygen atoms in total. The van der Waals surface area contributed by atoms with Crippen molar-refractivity contribution >= 4 is 0 Å². The van der Waals surface area contributed by atoms with Crippen LogP contribution in [0.1, 0.15) is 67.7 Å². The van der Waals surface area contributed by atoms with Gasteiger partial charge in [-0.1, -0.05) is 43.2 Å². The molecule has 22 heavy (non-hydrogen) atoms. The van der Waals surface area contributed by atoms with Gasteiger partial charge in [0.1, 0.15) is 0 Å². The molecule has 0 unspecified atom stereocenters. The second kappa shape index (κ2) is 5.45. The van der Waals surface area contributed by atoms with Crippen molar-refractivity contribution in [1.82, 2.24) is 14.8 Å². The van der Waals surface area contributed by atoms with Crippen molar-refractivity contribution < 1.29 is 8.78 Å². The van der Waals surface area contributed by atoms with E-state index in [1.807, 2.05) is 30.3 Å². The first kappa shape index (κ1) is 13.9. The van der Waals surface area contributed by atoms with Gasteiger partial charge in [-0.15, -0.1) is 0 Å². The third-order valence-electron chi connectivity index (χ3n) is 4.67. The zero-order chi connectivity index (χ0) is 15.1. The van der Waals surface area contributed by atoms with E-state index in [0.717, 1.165) is 12.0 Å². The zero-order valence-electron chi connectivity index (χ0n) is 12.3. The quantitative estimate of drug-likeness (QED) is 0.815. The number of nitrogens with zero attached hydrogens (tertiary/aromatic N) is 3. The largest absolute Gasteiger partial charge is 0.239 e. The molecular weight excluding hydrogens is 284 g/mol. The summed E-state index contributed by atoms with van der Waals surface area (Å²) in [6, 6.07) is 9.50. The van der Waals surface area contributed by atoms with Crippen LogP contribution in [0, 0.1) is 5.92 Å². The minimum atomic E-state index is -1.18. The highest BCUT2D eigenvalue weighted by Crippen LogP contribution is 2.41. The summed E-state index contributed by atoms with van der Waals surface area (Å²) in [6.07, 6.45) is 1.74. The molecule has 0 radical (unpaired) electrons. The van der Waals surface area contributed by atoms with Crippen molar-refractivity contribution in [3.05, 3.63) is 47.5 Å². The van der Waals surface area contributed by atoms with Gasteiger partial charge in [-0.25, -0.2) is 18.4 Å². The molecule has 1 aliphatic heterocycles. The van der Waals surface area contributed by atoms with Crippen molar-refractivity contribution in [2.75, 3.05) is 0 Å². The van der Waals surface area contributed by atoms with E-state index in [0.29, 0.717) is 18.8 Å². The average molecular weight is 303 g/mol. The molecule has 0 bridgehead atoms. The van der Waals surface area contributed by atoms with Crippen LogP contribution < -0.4 is 0 Å². The Morgan fingerprint density at radius 2 is 2.00 bits per heavy atom. The average Bonchev–Trinajstić information content (AvgIpc) is 3.18. The Balaban J connectivity index is 1.57. The van der Waals surface area contributed by atoms with E-state index in [9.17, 15) is 8.78 Å². The number of hydrogen-bond acceptors (Lipinski definition) is 2.